The predicted octanol–water partition coefficient (Wildman–Crippen LogP) is 4.94. The van der Waals surface area contributed by atoms with E-state index in [-0.39, 0.29) is 18.0 Å². The summed E-state index contributed by atoms with van der Waals surface area (Å²) in [6, 6.07) is 9.83. The number of halogens is 1. The second-order valence-electron chi connectivity index (χ2n) is 6.79. The van der Waals surface area contributed by atoms with Gasteiger partial charge in [-0.2, -0.15) is 0 Å². The molecule has 9 nitrogen and oxygen atoms in total. The molecule has 0 atom stereocenters. The van der Waals surface area contributed by atoms with E-state index in [0.29, 0.717) is 0 Å². The van der Waals surface area contributed by atoms with Gasteiger partial charge in [0, 0.05) is 71.6 Å². The number of aromatic nitrogens is 2. The minimum absolute atomic E-state index is 0.0567. The summed E-state index contributed by atoms with van der Waals surface area (Å²) in [5.41, 5.74) is 2.78. The Bertz CT molecular complexity index is 1320. The van der Waals surface area contributed by atoms with Gasteiger partial charge in [0.15, 0.2) is 0 Å². The zero-order valence-electron chi connectivity index (χ0n) is 16.7. The van der Waals surface area contributed by atoms with Crippen molar-refractivity contribution in [3.63, 3.8) is 0 Å². The molecule has 0 saturated heterocycles. The molecule has 4 rings (SSSR count). The van der Waals surface area contributed by atoms with Gasteiger partial charge >= 0.3 is 0 Å². The summed E-state index contributed by atoms with van der Waals surface area (Å²) in [5, 5.41) is 31.8. The lowest BCUT2D eigenvalue weighted by Crippen LogP contribution is -1.92. The van der Waals surface area contributed by atoms with Crippen molar-refractivity contribution in [2.45, 2.75) is 0 Å². The summed E-state index contributed by atoms with van der Waals surface area (Å²) in [6.07, 6.45) is 6.98. The largest absolute Gasteiger partial charge is 0.392 e. The number of non-ortho nitro benzene ring substituents is 2. The van der Waals surface area contributed by atoms with Crippen LogP contribution in [0, 0.1) is 20.2 Å². The highest BCUT2D eigenvalue weighted by molar-refractivity contribution is 9.10. The van der Waals surface area contributed by atoms with E-state index in [1.54, 1.807) is 24.3 Å². The fourth-order valence-electron chi connectivity index (χ4n) is 3.35. The van der Waals surface area contributed by atoms with Crippen molar-refractivity contribution >= 4 is 55.2 Å². The average Bonchev–Trinajstić information content (AvgIpc) is 3.29. The smallest absolute Gasteiger partial charge is 0.271 e. The van der Waals surface area contributed by atoms with E-state index >= 15 is 0 Å². The Hall–Kier alpha value is -3.50. The molecule has 10 heteroatoms. The second kappa shape index (κ2) is 9.11. The lowest BCUT2D eigenvalue weighted by atomic mass is 10.1. The van der Waals surface area contributed by atoms with Crippen molar-refractivity contribution in [1.82, 2.24) is 9.13 Å². The van der Waals surface area contributed by atoms with Gasteiger partial charge < -0.3 is 14.2 Å². The zero-order valence-corrected chi connectivity index (χ0v) is 18.3. The van der Waals surface area contributed by atoms with Gasteiger partial charge in [-0.15, -0.1) is 0 Å². The van der Waals surface area contributed by atoms with Crippen molar-refractivity contribution < 1.29 is 15.0 Å². The molecule has 4 aromatic rings. The molecule has 0 saturated carbocycles. The lowest BCUT2D eigenvalue weighted by Gasteiger charge is -2.02. The van der Waals surface area contributed by atoms with Crippen LogP contribution in [0.3, 0.4) is 0 Å². The summed E-state index contributed by atoms with van der Waals surface area (Å²) in [4.78, 5) is 20.6. The number of hydrogen-bond acceptors (Lipinski definition) is 5. The van der Waals surface area contributed by atoms with Crippen LogP contribution in [-0.2, 0) is 14.1 Å². The molecule has 0 aliphatic heterocycles. The summed E-state index contributed by atoms with van der Waals surface area (Å²) in [6.45, 7) is -0.0887. The molecule has 0 radical (unpaired) electrons. The first-order valence-corrected chi connectivity index (χ1v) is 9.92. The highest BCUT2D eigenvalue weighted by Crippen LogP contribution is 2.29. The van der Waals surface area contributed by atoms with Gasteiger partial charge in [-0.1, -0.05) is 12.2 Å². The minimum atomic E-state index is -0.414. The van der Waals surface area contributed by atoms with Gasteiger partial charge in [-0.3, -0.25) is 20.2 Å². The Morgan fingerprint density at radius 1 is 0.935 bits per heavy atom. The number of rotatable bonds is 4. The Morgan fingerprint density at radius 2 is 1.45 bits per heavy atom. The van der Waals surface area contributed by atoms with Crippen LogP contribution in [0.15, 0.2) is 59.3 Å². The highest BCUT2D eigenvalue weighted by Gasteiger charge is 2.13. The number of hydrogen-bond donors (Lipinski definition) is 1. The fraction of sp³-hybridized carbons (Fsp3) is 0.143. The van der Waals surface area contributed by atoms with Crippen molar-refractivity contribution in [3.8, 4) is 0 Å². The maximum absolute atomic E-state index is 10.8. The molecule has 160 valence electrons. The molecule has 1 N–H and O–H groups in total. The normalized spacial score (nSPS) is 11.1. The highest BCUT2D eigenvalue weighted by atomic mass is 79.9. The van der Waals surface area contributed by atoms with E-state index in [0.717, 1.165) is 31.8 Å². The van der Waals surface area contributed by atoms with Crippen LogP contribution in [0.4, 0.5) is 11.4 Å². The van der Waals surface area contributed by atoms with Crippen LogP contribution < -0.4 is 0 Å². The molecule has 0 aliphatic carbocycles. The first kappa shape index (κ1) is 22.2. The number of nitrogens with zero attached hydrogens (tertiary/aromatic N) is 4. The fourth-order valence-corrected chi connectivity index (χ4v) is 4.10. The molecule has 2 aromatic heterocycles. The maximum Gasteiger partial charge on any atom is 0.271 e. The Morgan fingerprint density at radius 3 is 2.00 bits per heavy atom. The SMILES string of the molecule is Cn1ccc2cc([N+](=O)[O-])cc(/C=C/CO)c21.Cn1ccc2cc([N+](=O)[O-])cc(Br)c21. The first-order valence-electron chi connectivity index (χ1n) is 9.12. The van der Waals surface area contributed by atoms with E-state index in [2.05, 4.69) is 15.9 Å². The van der Waals surface area contributed by atoms with Crippen molar-refractivity contribution in [2.75, 3.05) is 6.61 Å². The van der Waals surface area contributed by atoms with Crippen LogP contribution >= 0.6 is 15.9 Å². The van der Waals surface area contributed by atoms with Crippen LogP contribution in [0.1, 0.15) is 5.56 Å². The number of aliphatic hydroxyl groups is 1. The van der Waals surface area contributed by atoms with Gasteiger partial charge in [-0.25, -0.2) is 0 Å². The Balaban J connectivity index is 0.000000179. The number of nitro groups is 2. The molecule has 0 bridgehead atoms. The quantitative estimate of drug-likeness (QED) is 0.323. The number of aliphatic hydroxyl groups excluding tert-OH is 1. The van der Waals surface area contributed by atoms with E-state index in [1.807, 2.05) is 47.8 Å². The molecule has 0 unspecified atom stereocenters. The summed E-state index contributed by atoms with van der Waals surface area (Å²) >= 11 is 3.32. The van der Waals surface area contributed by atoms with Crippen LogP contribution in [-0.4, -0.2) is 30.7 Å². The Labute approximate surface area is 185 Å². The van der Waals surface area contributed by atoms with E-state index in [4.69, 9.17) is 5.11 Å². The standard InChI is InChI=1S/C12H12N2O3.C9H7BrN2O2/c1-13-5-4-10-8-11(14(16)17)7-9(12(10)13)3-2-6-15;1-11-3-2-6-4-7(12(13)14)5-8(10)9(6)11/h2-5,7-8,15H,6H2,1H3;2-5H,1H3/b3-2+;. The van der Waals surface area contributed by atoms with Crippen molar-refractivity contribution in [1.29, 1.82) is 0 Å². The molecule has 2 heterocycles. The lowest BCUT2D eigenvalue weighted by molar-refractivity contribution is -0.384. The third kappa shape index (κ3) is 4.65. The number of fused-ring (bicyclic) bond motifs is 2. The molecule has 2 aromatic carbocycles. The third-order valence-electron chi connectivity index (χ3n) is 4.72. The summed E-state index contributed by atoms with van der Waals surface area (Å²) < 4.78 is 4.56. The van der Waals surface area contributed by atoms with Gasteiger partial charge in [0.25, 0.3) is 11.4 Å². The topological polar surface area (TPSA) is 116 Å². The van der Waals surface area contributed by atoms with Crippen LogP contribution in [0.2, 0.25) is 0 Å². The second-order valence-corrected chi connectivity index (χ2v) is 7.65. The monoisotopic (exact) mass is 486 g/mol. The molecule has 31 heavy (non-hydrogen) atoms. The van der Waals surface area contributed by atoms with Crippen molar-refractivity contribution in [3.05, 3.63) is 85.1 Å². The van der Waals surface area contributed by atoms with Crippen LogP contribution in [0.25, 0.3) is 27.9 Å². The van der Waals surface area contributed by atoms with Gasteiger partial charge in [0.2, 0.25) is 0 Å². The number of benzene rings is 2. The molecule has 0 spiro atoms. The van der Waals surface area contributed by atoms with E-state index in [9.17, 15) is 20.2 Å². The van der Waals surface area contributed by atoms with Gasteiger partial charge in [0.1, 0.15) is 0 Å². The molecular weight excluding hydrogens is 468 g/mol. The number of aryl methyl sites for hydroxylation is 2. The molecule has 0 amide bonds. The summed E-state index contributed by atoms with van der Waals surface area (Å²) in [7, 11) is 3.78. The van der Waals surface area contributed by atoms with E-state index < -0.39 is 9.85 Å². The maximum atomic E-state index is 10.8. The Kier molecular flexibility index (Phi) is 6.52. The van der Waals surface area contributed by atoms with Gasteiger partial charge in [0.05, 0.1) is 27.5 Å². The van der Waals surface area contributed by atoms with Gasteiger partial charge in [-0.05, 0) is 28.1 Å². The minimum Gasteiger partial charge on any atom is -0.392 e. The van der Waals surface area contributed by atoms with Crippen molar-refractivity contribution in [2.24, 2.45) is 14.1 Å². The third-order valence-corrected chi connectivity index (χ3v) is 5.32. The van der Waals surface area contributed by atoms with E-state index in [1.165, 1.54) is 12.1 Å². The summed E-state index contributed by atoms with van der Waals surface area (Å²) in [5.74, 6) is 0. The zero-order chi connectivity index (χ0) is 22.7. The average molecular weight is 487 g/mol. The number of nitro benzene ring substituents is 2. The van der Waals surface area contributed by atoms with Crippen LogP contribution in [0.5, 0.6) is 0 Å². The predicted molar refractivity (Wildman–Crippen MR) is 123 cm³/mol. The molecule has 0 aliphatic rings. The first-order chi connectivity index (χ1) is 14.7. The molecular formula is C21H19BrN4O5. The molecule has 0 fully saturated rings.